The first-order valence-electron chi connectivity index (χ1n) is 11.4. The van der Waals surface area contributed by atoms with Crippen molar-refractivity contribution in [3.8, 4) is 5.75 Å². The monoisotopic (exact) mass is 448 g/mol. The van der Waals surface area contributed by atoms with Gasteiger partial charge in [0.2, 0.25) is 0 Å². The van der Waals surface area contributed by atoms with Crippen LogP contribution in [0, 0.1) is 13.8 Å². The second kappa shape index (κ2) is 10.2. The number of benzene rings is 1. The predicted molar refractivity (Wildman–Crippen MR) is 130 cm³/mol. The highest BCUT2D eigenvalue weighted by molar-refractivity contribution is 5.43. The standard InChI is InChI=1S/C26H32N4O3/c1-19-7-9-21(10-8-19)25(24-22(31)18-20(2)30(26(24)32)16-17-33-3)29-14-12-28(13-15-29)23-6-4-5-11-27-23/h4-11,18,25,31H,12-17H2,1-3H3/t25-/m0/s1. The van der Waals surface area contributed by atoms with E-state index in [4.69, 9.17) is 4.74 Å². The van der Waals surface area contributed by atoms with Crippen molar-refractivity contribution < 1.29 is 9.84 Å². The summed E-state index contributed by atoms with van der Waals surface area (Å²) in [6, 6.07) is 15.5. The molecule has 1 aromatic carbocycles. The van der Waals surface area contributed by atoms with Gasteiger partial charge >= 0.3 is 0 Å². The highest BCUT2D eigenvalue weighted by Gasteiger charge is 2.31. The normalized spacial score (nSPS) is 15.5. The number of anilines is 1. The minimum atomic E-state index is -0.335. The average molecular weight is 449 g/mol. The van der Waals surface area contributed by atoms with Crippen LogP contribution in [0.25, 0.3) is 0 Å². The maximum Gasteiger partial charge on any atom is 0.259 e. The molecule has 0 bridgehead atoms. The zero-order valence-corrected chi connectivity index (χ0v) is 19.6. The Balaban J connectivity index is 1.72. The van der Waals surface area contributed by atoms with Crippen molar-refractivity contribution in [1.82, 2.24) is 14.5 Å². The van der Waals surface area contributed by atoms with E-state index in [1.807, 2.05) is 38.2 Å². The van der Waals surface area contributed by atoms with Crippen LogP contribution in [0.4, 0.5) is 5.82 Å². The topological polar surface area (TPSA) is 70.8 Å². The quantitative estimate of drug-likeness (QED) is 0.599. The molecule has 1 aliphatic rings. The lowest BCUT2D eigenvalue weighted by molar-refractivity contribution is 0.183. The fraction of sp³-hybridized carbons (Fsp3) is 0.385. The number of pyridine rings is 2. The number of piperazine rings is 1. The number of aryl methyl sites for hydroxylation is 2. The van der Waals surface area contributed by atoms with Crippen molar-refractivity contribution in [1.29, 1.82) is 0 Å². The molecule has 1 aliphatic heterocycles. The second-order valence-electron chi connectivity index (χ2n) is 8.56. The molecular weight excluding hydrogens is 416 g/mol. The summed E-state index contributed by atoms with van der Waals surface area (Å²) in [6.07, 6.45) is 1.81. The Morgan fingerprint density at radius 1 is 1.06 bits per heavy atom. The predicted octanol–water partition coefficient (Wildman–Crippen LogP) is 3.12. The molecule has 0 saturated carbocycles. The van der Waals surface area contributed by atoms with Gasteiger partial charge < -0.3 is 19.3 Å². The fourth-order valence-electron chi connectivity index (χ4n) is 4.54. The summed E-state index contributed by atoms with van der Waals surface area (Å²) < 4.78 is 6.91. The van der Waals surface area contributed by atoms with Crippen LogP contribution in [0.1, 0.15) is 28.4 Å². The Kier molecular flexibility index (Phi) is 7.11. The molecule has 33 heavy (non-hydrogen) atoms. The summed E-state index contributed by atoms with van der Waals surface area (Å²) >= 11 is 0. The van der Waals surface area contributed by atoms with Gasteiger partial charge in [-0.2, -0.15) is 0 Å². The van der Waals surface area contributed by atoms with Crippen LogP contribution >= 0.6 is 0 Å². The van der Waals surface area contributed by atoms with Gasteiger partial charge in [-0.25, -0.2) is 4.98 Å². The number of ether oxygens (including phenoxy) is 1. The highest BCUT2D eigenvalue weighted by Crippen LogP contribution is 2.33. The molecular formula is C26H32N4O3. The lowest BCUT2D eigenvalue weighted by atomic mass is 9.95. The molecule has 7 nitrogen and oxygen atoms in total. The molecule has 1 fully saturated rings. The smallest absolute Gasteiger partial charge is 0.259 e. The van der Waals surface area contributed by atoms with E-state index in [2.05, 4.69) is 39.0 Å². The summed E-state index contributed by atoms with van der Waals surface area (Å²) in [5.74, 6) is 1.01. The van der Waals surface area contributed by atoms with E-state index < -0.39 is 0 Å². The van der Waals surface area contributed by atoms with Crippen molar-refractivity contribution >= 4 is 5.82 Å². The molecule has 7 heteroatoms. The van der Waals surface area contributed by atoms with Crippen LogP contribution in [-0.2, 0) is 11.3 Å². The van der Waals surface area contributed by atoms with E-state index in [0.29, 0.717) is 18.7 Å². The van der Waals surface area contributed by atoms with Gasteiger partial charge in [0, 0.05) is 51.7 Å². The third-order valence-corrected chi connectivity index (χ3v) is 6.36. The molecule has 1 atom stereocenters. The number of rotatable bonds is 7. The third-order valence-electron chi connectivity index (χ3n) is 6.36. The van der Waals surface area contributed by atoms with Gasteiger partial charge in [0.15, 0.2) is 0 Å². The van der Waals surface area contributed by atoms with E-state index in [1.165, 1.54) is 0 Å². The van der Waals surface area contributed by atoms with Crippen LogP contribution in [0.15, 0.2) is 59.5 Å². The molecule has 0 radical (unpaired) electrons. The van der Waals surface area contributed by atoms with E-state index >= 15 is 0 Å². The Morgan fingerprint density at radius 2 is 1.79 bits per heavy atom. The molecule has 2 aromatic heterocycles. The van der Waals surface area contributed by atoms with Gasteiger partial charge in [-0.15, -0.1) is 0 Å². The molecule has 3 aromatic rings. The summed E-state index contributed by atoms with van der Waals surface area (Å²) in [6.45, 7) is 7.86. The minimum Gasteiger partial charge on any atom is -0.507 e. The summed E-state index contributed by atoms with van der Waals surface area (Å²) in [5, 5.41) is 11.0. The third kappa shape index (κ3) is 4.94. The Morgan fingerprint density at radius 3 is 2.42 bits per heavy atom. The van der Waals surface area contributed by atoms with Gasteiger partial charge in [0.1, 0.15) is 11.6 Å². The molecule has 1 N–H and O–H groups in total. The first-order valence-corrected chi connectivity index (χ1v) is 11.4. The Labute approximate surface area is 194 Å². The number of nitrogens with zero attached hydrogens (tertiary/aromatic N) is 4. The van der Waals surface area contributed by atoms with E-state index in [-0.39, 0.29) is 17.4 Å². The molecule has 174 valence electrons. The largest absolute Gasteiger partial charge is 0.507 e. The average Bonchev–Trinajstić information content (AvgIpc) is 2.83. The number of aromatic nitrogens is 2. The molecule has 0 unspecified atom stereocenters. The van der Waals surface area contributed by atoms with Crippen LogP contribution in [0.5, 0.6) is 5.75 Å². The molecule has 4 rings (SSSR count). The van der Waals surface area contributed by atoms with E-state index in [1.54, 1.807) is 17.7 Å². The van der Waals surface area contributed by atoms with Gasteiger partial charge in [0.05, 0.1) is 18.2 Å². The lowest BCUT2D eigenvalue weighted by Crippen LogP contribution is -2.49. The number of hydrogen-bond acceptors (Lipinski definition) is 6. The van der Waals surface area contributed by atoms with Crippen molar-refractivity contribution in [2.45, 2.75) is 26.4 Å². The van der Waals surface area contributed by atoms with E-state index in [9.17, 15) is 9.90 Å². The Bertz CT molecular complexity index is 1120. The van der Waals surface area contributed by atoms with Crippen molar-refractivity contribution in [2.75, 3.05) is 44.8 Å². The van der Waals surface area contributed by atoms with Gasteiger partial charge in [-0.3, -0.25) is 9.69 Å². The van der Waals surface area contributed by atoms with Crippen molar-refractivity contribution in [3.63, 3.8) is 0 Å². The maximum absolute atomic E-state index is 13.6. The Hall–Kier alpha value is -3.16. The minimum absolute atomic E-state index is 0.0453. The van der Waals surface area contributed by atoms with Crippen LogP contribution in [-0.4, -0.2) is 59.5 Å². The fourth-order valence-corrected chi connectivity index (χ4v) is 4.54. The molecule has 3 heterocycles. The van der Waals surface area contributed by atoms with E-state index in [0.717, 1.165) is 48.8 Å². The van der Waals surface area contributed by atoms with Gasteiger partial charge in [-0.05, 0) is 37.6 Å². The zero-order valence-electron chi connectivity index (χ0n) is 19.6. The summed E-state index contributed by atoms with van der Waals surface area (Å²) in [4.78, 5) is 22.7. The SMILES string of the molecule is COCCn1c(C)cc(O)c([C@H](c2ccc(C)cc2)N2CCN(c3ccccn3)CC2)c1=O. The zero-order chi connectivity index (χ0) is 23.4. The molecule has 0 amide bonds. The van der Waals surface area contributed by atoms with Gasteiger partial charge in [-0.1, -0.05) is 35.9 Å². The molecule has 1 saturated heterocycles. The van der Waals surface area contributed by atoms with Crippen LogP contribution < -0.4 is 10.5 Å². The molecule has 0 spiro atoms. The lowest BCUT2D eigenvalue weighted by Gasteiger charge is -2.40. The summed E-state index contributed by atoms with van der Waals surface area (Å²) in [7, 11) is 1.62. The number of hydrogen-bond donors (Lipinski definition) is 1. The van der Waals surface area contributed by atoms with Gasteiger partial charge in [0.25, 0.3) is 5.56 Å². The summed E-state index contributed by atoms with van der Waals surface area (Å²) in [5.41, 5.74) is 3.14. The number of aromatic hydroxyl groups is 1. The van der Waals surface area contributed by atoms with Crippen LogP contribution in [0.3, 0.4) is 0 Å². The number of methoxy groups -OCH3 is 1. The second-order valence-corrected chi connectivity index (χ2v) is 8.56. The van der Waals surface area contributed by atoms with Crippen LogP contribution in [0.2, 0.25) is 0 Å². The molecule has 0 aliphatic carbocycles. The first-order chi connectivity index (χ1) is 16.0. The first kappa shape index (κ1) is 23.0. The van der Waals surface area contributed by atoms with Crippen molar-refractivity contribution in [2.24, 2.45) is 0 Å². The maximum atomic E-state index is 13.6. The van der Waals surface area contributed by atoms with Crippen molar-refractivity contribution in [3.05, 3.63) is 87.5 Å². The highest BCUT2D eigenvalue weighted by atomic mass is 16.5.